The second-order valence-corrected chi connectivity index (χ2v) is 10.1. The lowest BCUT2D eigenvalue weighted by Gasteiger charge is -2.24. The Bertz CT molecular complexity index is 1300. The molecule has 0 saturated carbocycles. The Kier molecular flexibility index (Phi) is 15.9. The molecule has 1 heterocycles. The SMILES string of the molecule is C=CCC(=O)N1CC(=O)N(Cc2ccc(C(=O)N(CC=C)CCC)cc2)c2cccc(C(F)(F)F)c2C1.CC.CC=C(C)C. The first-order valence-corrected chi connectivity index (χ1v) is 14.8. The molecule has 2 aromatic rings. The van der Waals surface area contributed by atoms with Gasteiger partial charge in [0.15, 0.2) is 0 Å². The Morgan fingerprint density at radius 1 is 1.00 bits per heavy atom. The number of carbonyl (C=O) groups excluding carboxylic acids is 3. The third-order valence-electron chi connectivity index (χ3n) is 6.64. The van der Waals surface area contributed by atoms with Crippen LogP contribution in [0.2, 0.25) is 0 Å². The van der Waals surface area contributed by atoms with E-state index in [1.807, 2.05) is 27.7 Å². The molecule has 1 aliphatic rings. The molecule has 1 aliphatic heterocycles. The zero-order valence-corrected chi connectivity index (χ0v) is 26.8. The van der Waals surface area contributed by atoms with E-state index < -0.39 is 23.6 Å². The molecule has 0 unspecified atom stereocenters. The van der Waals surface area contributed by atoms with Crippen LogP contribution in [-0.4, -0.2) is 47.2 Å². The highest BCUT2D eigenvalue weighted by Crippen LogP contribution is 2.38. The standard InChI is InChI=1S/C28H30F3N3O3.C5H10.C2H6/c1-4-8-25(35)33-18-22-23(28(29,30)31)9-7-10-24(22)34(26(36)19-33)17-20-11-13-21(14-12-20)27(37)32(15-5-2)16-6-3;1-4-5(2)3;1-2/h4-5,7,9-14H,1-2,6,8,15-19H2,3H3;4H,1-3H3;1-2H3. The number of allylic oxidation sites excluding steroid dienone is 2. The molecule has 0 saturated heterocycles. The van der Waals surface area contributed by atoms with Gasteiger partial charge in [-0.05, 0) is 57.0 Å². The predicted octanol–water partition coefficient (Wildman–Crippen LogP) is 8.19. The number of benzene rings is 2. The summed E-state index contributed by atoms with van der Waals surface area (Å²) in [5.74, 6) is -1.14. The summed E-state index contributed by atoms with van der Waals surface area (Å²) in [6.07, 6.45) is 1.14. The number of hydrogen-bond acceptors (Lipinski definition) is 3. The number of carbonyl (C=O) groups is 3. The predicted molar refractivity (Wildman–Crippen MR) is 172 cm³/mol. The van der Waals surface area contributed by atoms with Crippen molar-refractivity contribution in [1.82, 2.24) is 9.80 Å². The van der Waals surface area contributed by atoms with Crippen molar-refractivity contribution in [3.8, 4) is 0 Å². The Hall–Kier alpha value is -4.14. The maximum Gasteiger partial charge on any atom is 0.416 e. The van der Waals surface area contributed by atoms with Gasteiger partial charge in [-0.1, -0.05) is 62.8 Å². The minimum atomic E-state index is -4.66. The molecule has 9 heteroatoms. The highest BCUT2D eigenvalue weighted by Gasteiger charge is 2.38. The van der Waals surface area contributed by atoms with Gasteiger partial charge in [-0.3, -0.25) is 14.4 Å². The highest BCUT2D eigenvalue weighted by molar-refractivity contribution is 5.99. The number of anilines is 1. The smallest absolute Gasteiger partial charge is 0.335 e. The summed E-state index contributed by atoms with van der Waals surface area (Å²) in [5.41, 5.74) is 1.55. The lowest BCUT2D eigenvalue weighted by atomic mass is 10.0. The fraction of sp³-hybridized carbons (Fsp3) is 0.400. The van der Waals surface area contributed by atoms with Crippen molar-refractivity contribution in [2.45, 2.75) is 73.6 Å². The number of amides is 3. The molecule has 0 aliphatic carbocycles. The molecule has 3 amide bonds. The lowest BCUT2D eigenvalue weighted by Crippen LogP contribution is -2.39. The van der Waals surface area contributed by atoms with E-state index in [1.165, 1.54) is 28.7 Å². The second kappa shape index (κ2) is 18.5. The van der Waals surface area contributed by atoms with Crippen molar-refractivity contribution in [2.24, 2.45) is 0 Å². The number of nitrogens with zero attached hydrogens (tertiary/aromatic N) is 3. The Morgan fingerprint density at radius 2 is 1.61 bits per heavy atom. The molecule has 0 N–H and O–H groups in total. The highest BCUT2D eigenvalue weighted by atomic mass is 19.4. The van der Waals surface area contributed by atoms with Crippen LogP contribution in [0.5, 0.6) is 0 Å². The van der Waals surface area contributed by atoms with Crippen LogP contribution < -0.4 is 4.90 Å². The van der Waals surface area contributed by atoms with E-state index in [4.69, 9.17) is 0 Å². The van der Waals surface area contributed by atoms with Gasteiger partial charge >= 0.3 is 6.18 Å². The van der Waals surface area contributed by atoms with Crippen LogP contribution in [0.3, 0.4) is 0 Å². The first-order chi connectivity index (χ1) is 20.9. The molecule has 6 nitrogen and oxygen atoms in total. The number of alkyl halides is 3. The molecular weight excluding hydrogens is 567 g/mol. The molecule has 0 spiro atoms. The maximum absolute atomic E-state index is 13.9. The topological polar surface area (TPSA) is 60.9 Å². The fourth-order valence-electron chi connectivity index (χ4n) is 4.31. The largest absolute Gasteiger partial charge is 0.416 e. The number of rotatable bonds is 9. The fourth-order valence-corrected chi connectivity index (χ4v) is 4.31. The number of halogens is 3. The Morgan fingerprint density at radius 3 is 2.11 bits per heavy atom. The van der Waals surface area contributed by atoms with Gasteiger partial charge in [0.05, 0.1) is 12.1 Å². The van der Waals surface area contributed by atoms with Crippen LogP contribution in [0.4, 0.5) is 18.9 Å². The van der Waals surface area contributed by atoms with E-state index >= 15 is 0 Å². The van der Waals surface area contributed by atoms with Crippen molar-refractivity contribution in [2.75, 3.05) is 24.5 Å². The van der Waals surface area contributed by atoms with Crippen LogP contribution in [0.1, 0.15) is 81.4 Å². The lowest BCUT2D eigenvalue weighted by molar-refractivity contribution is -0.140. The van der Waals surface area contributed by atoms with E-state index in [0.29, 0.717) is 24.2 Å². The summed E-state index contributed by atoms with van der Waals surface area (Å²) in [4.78, 5) is 42.7. The van der Waals surface area contributed by atoms with Crippen molar-refractivity contribution < 1.29 is 27.6 Å². The molecule has 0 atom stereocenters. The summed E-state index contributed by atoms with van der Waals surface area (Å²) < 4.78 is 41.6. The zero-order valence-electron chi connectivity index (χ0n) is 26.8. The third kappa shape index (κ3) is 10.8. The van der Waals surface area contributed by atoms with Crippen molar-refractivity contribution >= 4 is 23.4 Å². The third-order valence-corrected chi connectivity index (χ3v) is 6.64. The van der Waals surface area contributed by atoms with E-state index in [9.17, 15) is 27.6 Å². The summed E-state index contributed by atoms with van der Waals surface area (Å²) in [6.45, 7) is 19.6. The quantitative estimate of drug-likeness (QED) is 0.268. The summed E-state index contributed by atoms with van der Waals surface area (Å²) >= 11 is 0. The van der Waals surface area contributed by atoms with Crippen molar-refractivity contribution in [3.05, 3.63) is 102 Å². The van der Waals surface area contributed by atoms with E-state index in [2.05, 4.69) is 33.1 Å². The Balaban J connectivity index is 0.00000125. The van der Waals surface area contributed by atoms with Gasteiger partial charge in [0.1, 0.15) is 6.54 Å². The van der Waals surface area contributed by atoms with Crippen LogP contribution in [0.25, 0.3) is 0 Å². The summed E-state index contributed by atoms with van der Waals surface area (Å²) in [7, 11) is 0. The van der Waals surface area contributed by atoms with Crippen LogP contribution in [0, 0.1) is 0 Å². The van der Waals surface area contributed by atoms with Gasteiger partial charge in [0.25, 0.3) is 5.91 Å². The monoisotopic (exact) mass is 613 g/mol. The van der Waals surface area contributed by atoms with Gasteiger partial charge in [-0.25, -0.2) is 0 Å². The van der Waals surface area contributed by atoms with Crippen LogP contribution >= 0.6 is 0 Å². The number of hydrogen-bond donors (Lipinski definition) is 0. The molecule has 0 bridgehead atoms. The summed E-state index contributed by atoms with van der Waals surface area (Å²) in [6, 6.07) is 10.3. The normalized spacial score (nSPS) is 12.3. The maximum atomic E-state index is 13.9. The average molecular weight is 614 g/mol. The summed E-state index contributed by atoms with van der Waals surface area (Å²) in [5, 5.41) is 0. The molecule has 44 heavy (non-hydrogen) atoms. The molecule has 0 aromatic heterocycles. The van der Waals surface area contributed by atoms with E-state index in [1.54, 1.807) is 35.2 Å². The Labute approximate surface area is 260 Å². The molecule has 3 rings (SSSR count). The van der Waals surface area contributed by atoms with Gasteiger partial charge < -0.3 is 14.7 Å². The van der Waals surface area contributed by atoms with Crippen molar-refractivity contribution in [3.63, 3.8) is 0 Å². The molecular formula is C35H46F3N3O3. The van der Waals surface area contributed by atoms with Gasteiger partial charge in [-0.15, -0.1) is 13.2 Å². The first kappa shape index (κ1) is 37.9. The zero-order chi connectivity index (χ0) is 33.4. The van der Waals surface area contributed by atoms with E-state index in [-0.39, 0.29) is 43.2 Å². The van der Waals surface area contributed by atoms with Gasteiger partial charge in [-0.2, -0.15) is 13.2 Å². The molecule has 0 radical (unpaired) electrons. The first-order valence-electron chi connectivity index (χ1n) is 14.8. The average Bonchev–Trinajstić information content (AvgIpc) is 3.14. The van der Waals surface area contributed by atoms with Crippen LogP contribution in [0.15, 0.2) is 79.4 Å². The van der Waals surface area contributed by atoms with Crippen molar-refractivity contribution in [1.29, 1.82) is 0 Å². The molecule has 240 valence electrons. The molecule has 0 fully saturated rings. The van der Waals surface area contributed by atoms with Gasteiger partial charge in [0, 0.05) is 42.9 Å². The second-order valence-electron chi connectivity index (χ2n) is 10.1. The minimum absolute atomic E-state index is 0.0174. The minimum Gasteiger partial charge on any atom is -0.335 e. The van der Waals surface area contributed by atoms with Gasteiger partial charge in [0.2, 0.25) is 11.8 Å². The van der Waals surface area contributed by atoms with Crippen LogP contribution in [-0.2, 0) is 28.9 Å². The molecule has 2 aromatic carbocycles. The number of fused-ring (bicyclic) bond motifs is 1. The van der Waals surface area contributed by atoms with E-state index in [0.717, 1.165) is 17.4 Å².